The average molecular weight is 368 g/mol. The molecule has 0 radical (unpaired) electrons. The van der Waals surface area contributed by atoms with E-state index in [1.807, 2.05) is 4.98 Å². The van der Waals surface area contributed by atoms with Gasteiger partial charge in [0, 0.05) is 33.0 Å². The van der Waals surface area contributed by atoms with Gasteiger partial charge in [0.2, 0.25) is 12.3 Å². The summed E-state index contributed by atoms with van der Waals surface area (Å²) in [5.41, 5.74) is -1.47. The predicted octanol–water partition coefficient (Wildman–Crippen LogP) is -0.665. The van der Waals surface area contributed by atoms with Crippen LogP contribution in [0.5, 0.6) is 0 Å². The molecule has 0 bridgehead atoms. The van der Waals surface area contributed by atoms with E-state index in [-0.39, 0.29) is 11.5 Å². The van der Waals surface area contributed by atoms with E-state index >= 15 is 0 Å². The molecule has 2 atom stereocenters. The van der Waals surface area contributed by atoms with Crippen molar-refractivity contribution in [2.75, 3.05) is 6.61 Å². The van der Waals surface area contributed by atoms with E-state index in [9.17, 15) is 24.0 Å². The number of esters is 3. The number of rotatable bonds is 5. The molecule has 26 heavy (non-hydrogen) atoms. The molecule has 11 heteroatoms. The molecule has 140 valence electrons. The fourth-order valence-corrected chi connectivity index (χ4v) is 2.22. The van der Waals surface area contributed by atoms with E-state index in [0.29, 0.717) is 0 Å². The molecule has 2 rings (SSSR count). The number of carbonyl (C=O) groups is 3. The van der Waals surface area contributed by atoms with Gasteiger partial charge in [0.1, 0.15) is 0 Å². The maximum Gasteiger partial charge on any atom is 0.331 e. The van der Waals surface area contributed by atoms with Crippen LogP contribution in [0.1, 0.15) is 27.0 Å². The Morgan fingerprint density at radius 3 is 2.38 bits per heavy atom. The Balaban J connectivity index is 2.47. The van der Waals surface area contributed by atoms with Gasteiger partial charge in [0.05, 0.1) is 0 Å². The third-order valence-electron chi connectivity index (χ3n) is 3.13. The summed E-state index contributed by atoms with van der Waals surface area (Å²) < 4.78 is 21.5. The van der Waals surface area contributed by atoms with Crippen LogP contribution in [0.25, 0.3) is 0 Å². The molecule has 0 amide bonds. The van der Waals surface area contributed by atoms with Crippen molar-refractivity contribution < 1.29 is 33.3 Å². The average Bonchev–Trinajstić information content (AvgIpc) is 2.82. The van der Waals surface area contributed by atoms with Gasteiger partial charge in [-0.15, -0.1) is 0 Å². The van der Waals surface area contributed by atoms with Gasteiger partial charge in [0.25, 0.3) is 5.56 Å². The first-order chi connectivity index (χ1) is 12.2. The maximum absolute atomic E-state index is 12.0. The van der Waals surface area contributed by atoms with Gasteiger partial charge >= 0.3 is 23.6 Å². The van der Waals surface area contributed by atoms with Crippen LogP contribution in [0.2, 0.25) is 0 Å². The zero-order chi connectivity index (χ0) is 19.4. The van der Waals surface area contributed by atoms with Gasteiger partial charge in [-0.1, -0.05) is 0 Å². The van der Waals surface area contributed by atoms with Gasteiger partial charge in [-0.2, -0.15) is 0 Å². The number of hydrogen-bond donors (Lipinski definition) is 1. The third-order valence-corrected chi connectivity index (χ3v) is 3.13. The molecule has 0 saturated heterocycles. The highest BCUT2D eigenvalue weighted by molar-refractivity contribution is 5.69. The Morgan fingerprint density at radius 2 is 1.85 bits per heavy atom. The van der Waals surface area contributed by atoms with Crippen LogP contribution >= 0.6 is 0 Å². The van der Waals surface area contributed by atoms with Crippen LogP contribution in [-0.2, 0) is 33.3 Å². The first-order valence-corrected chi connectivity index (χ1v) is 7.39. The molecule has 0 saturated carbocycles. The Morgan fingerprint density at radius 1 is 1.15 bits per heavy atom. The standard InChI is InChI=1S/C15H16N2O9/c1-7(18)23-6-10-12(24-8(2)19)13(25-9(3)20)14(26-10)17-5-4-11(21)16-15(17)22/h4-5,13-14H,6H2,1-3H3,(H,16,21,22)/t13?,14-/m1/s1. The first kappa shape index (κ1) is 19.0. The lowest BCUT2D eigenvalue weighted by Gasteiger charge is -2.21. The van der Waals surface area contributed by atoms with Crippen molar-refractivity contribution >= 4 is 17.9 Å². The van der Waals surface area contributed by atoms with Crippen LogP contribution < -0.4 is 11.2 Å². The summed E-state index contributed by atoms with van der Waals surface area (Å²) in [7, 11) is 0. The number of aromatic nitrogens is 2. The lowest BCUT2D eigenvalue weighted by Crippen LogP contribution is -2.37. The van der Waals surface area contributed by atoms with E-state index in [4.69, 9.17) is 18.9 Å². The number of aromatic amines is 1. The summed E-state index contributed by atoms with van der Waals surface area (Å²) in [5, 5.41) is 0. The summed E-state index contributed by atoms with van der Waals surface area (Å²) >= 11 is 0. The van der Waals surface area contributed by atoms with Gasteiger partial charge in [-0.25, -0.2) is 4.79 Å². The van der Waals surface area contributed by atoms with Crippen molar-refractivity contribution in [1.29, 1.82) is 0 Å². The van der Waals surface area contributed by atoms with Crippen molar-refractivity contribution in [3.8, 4) is 0 Å². The largest absolute Gasteiger partial charge is 0.462 e. The minimum atomic E-state index is -1.31. The second kappa shape index (κ2) is 7.68. The number of nitrogens with one attached hydrogen (secondary N) is 1. The van der Waals surface area contributed by atoms with E-state index in [1.165, 1.54) is 0 Å². The molecular formula is C15H16N2O9. The predicted molar refractivity (Wildman–Crippen MR) is 82.4 cm³/mol. The van der Waals surface area contributed by atoms with Crippen LogP contribution in [-0.4, -0.2) is 40.2 Å². The van der Waals surface area contributed by atoms with Gasteiger partial charge in [0.15, 0.2) is 18.1 Å². The second-order valence-electron chi connectivity index (χ2n) is 5.22. The topological polar surface area (TPSA) is 143 Å². The molecule has 0 aliphatic carbocycles. The second-order valence-corrected chi connectivity index (χ2v) is 5.22. The molecule has 0 spiro atoms. The Hall–Kier alpha value is -3.37. The number of H-pyrrole nitrogens is 1. The lowest BCUT2D eigenvalue weighted by molar-refractivity contribution is -0.156. The number of ether oxygens (including phenoxy) is 4. The molecule has 1 unspecified atom stereocenters. The normalized spacial score (nSPS) is 18.9. The number of hydrogen-bond acceptors (Lipinski definition) is 9. The molecule has 2 heterocycles. The SMILES string of the molecule is CC(=O)OCC1=C(OC(C)=O)C(OC(C)=O)[C@H](n2ccc(=O)[nH]c2=O)O1. The summed E-state index contributed by atoms with van der Waals surface area (Å²) in [4.78, 5) is 59.2. The fraction of sp³-hybridized carbons (Fsp3) is 0.400. The zero-order valence-corrected chi connectivity index (χ0v) is 14.1. The monoisotopic (exact) mass is 368 g/mol. The lowest BCUT2D eigenvalue weighted by atomic mass is 10.2. The highest BCUT2D eigenvalue weighted by Crippen LogP contribution is 2.35. The highest BCUT2D eigenvalue weighted by atomic mass is 16.6. The van der Waals surface area contributed by atoms with Crippen LogP contribution in [0, 0.1) is 0 Å². The maximum atomic E-state index is 12.0. The Kier molecular flexibility index (Phi) is 5.60. The first-order valence-electron chi connectivity index (χ1n) is 7.39. The summed E-state index contributed by atoms with van der Waals surface area (Å²) in [6.45, 7) is 2.97. The van der Waals surface area contributed by atoms with Crippen molar-refractivity contribution in [2.45, 2.75) is 33.1 Å². The van der Waals surface area contributed by atoms with Crippen molar-refractivity contribution in [3.63, 3.8) is 0 Å². The minimum Gasteiger partial charge on any atom is -0.462 e. The van der Waals surface area contributed by atoms with E-state index in [2.05, 4.69) is 0 Å². The molecule has 0 aromatic carbocycles. The summed E-state index contributed by atoms with van der Waals surface area (Å²) in [5.74, 6) is -2.42. The molecule has 1 N–H and O–H groups in total. The smallest absolute Gasteiger partial charge is 0.331 e. The molecule has 1 aromatic heterocycles. The molecule has 1 aliphatic heterocycles. The third kappa shape index (κ3) is 4.37. The molecule has 1 aromatic rings. The molecule has 0 fully saturated rings. The van der Waals surface area contributed by atoms with Crippen LogP contribution in [0.4, 0.5) is 0 Å². The molecular weight excluding hydrogens is 352 g/mol. The Bertz CT molecular complexity index is 880. The fourth-order valence-electron chi connectivity index (χ4n) is 2.22. The van der Waals surface area contributed by atoms with Gasteiger partial charge in [-0.3, -0.25) is 28.7 Å². The van der Waals surface area contributed by atoms with E-state index < -0.39 is 48.1 Å². The zero-order valence-electron chi connectivity index (χ0n) is 14.1. The van der Waals surface area contributed by atoms with E-state index in [1.54, 1.807) is 0 Å². The van der Waals surface area contributed by atoms with Gasteiger partial charge in [-0.05, 0) is 0 Å². The number of nitrogens with zero attached hydrogens (tertiary/aromatic N) is 1. The highest BCUT2D eigenvalue weighted by Gasteiger charge is 2.44. The van der Waals surface area contributed by atoms with Crippen LogP contribution in [0.3, 0.4) is 0 Å². The van der Waals surface area contributed by atoms with Crippen molar-refractivity contribution in [3.05, 3.63) is 44.6 Å². The van der Waals surface area contributed by atoms with Crippen LogP contribution in [0.15, 0.2) is 33.4 Å². The quantitative estimate of drug-likeness (QED) is 0.529. The Labute approximate surface area is 146 Å². The summed E-state index contributed by atoms with van der Waals surface area (Å²) in [6.07, 6.45) is -1.46. The van der Waals surface area contributed by atoms with Gasteiger partial charge < -0.3 is 18.9 Å². The number of carbonyl (C=O) groups excluding carboxylic acids is 3. The molecule has 11 nitrogen and oxygen atoms in total. The van der Waals surface area contributed by atoms with E-state index in [0.717, 1.165) is 37.6 Å². The minimum absolute atomic E-state index is 0.107. The molecule has 1 aliphatic rings. The summed E-state index contributed by atoms with van der Waals surface area (Å²) in [6, 6.07) is 1.06. The van der Waals surface area contributed by atoms with Crippen molar-refractivity contribution in [2.24, 2.45) is 0 Å². The van der Waals surface area contributed by atoms with Crippen molar-refractivity contribution in [1.82, 2.24) is 9.55 Å².